The molecular weight excluding hydrogens is 476 g/mol. The first-order chi connectivity index (χ1) is 15.2. The number of aromatic nitrogens is 2. The third kappa shape index (κ3) is 4.89. The lowest BCUT2D eigenvalue weighted by atomic mass is 9.98. The van der Waals surface area contributed by atoms with Gasteiger partial charge >= 0.3 is 0 Å². The standard InChI is InChI=1S/C16H24N10O3S3/c1-3-21-25(7-20-19)4-10(27)22-12-14(29)26-11(13(17)28)9(6-31-16(12,26)18)5-30-15-24-23-8(2)32-15/h3,12,20H,4-7,18-19H2,1-2H3,(H2,17,28)(H,22,27)/b21-3+/t12-,16+/m1/s1. The van der Waals surface area contributed by atoms with E-state index in [0.717, 1.165) is 9.35 Å². The van der Waals surface area contributed by atoms with Gasteiger partial charge in [0.15, 0.2) is 15.4 Å². The summed E-state index contributed by atoms with van der Waals surface area (Å²) >= 11 is 4.10. The number of carbonyl (C=O) groups is 3. The lowest BCUT2D eigenvalue weighted by Crippen LogP contribution is -2.82. The van der Waals surface area contributed by atoms with Gasteiger partial charge in [-0.15, -0.1) is 22.0 Å². The summed E-state index contributed by atoms with van der Waals surface area (Å²) in [6.07, 6.45) is 1.51. The van der Waals surface area contributed by atoms with Gasteiger partial charge in [0.2, 0.25) is 5.91 Å². The number of primary amides is 1. The molecule has 0 aromatic carbocycles. The fraction of sp³-hybridized carbons (Fsp3) is 0.500. The Morgan fingerprint density at radius 1 is 1.47 bits per heavy atom. The van der Waals surface area contributed by atoms with Crippen LogP contribution in [0.2, 0.25) is 0 Å². The van der Waals surface area contributed by atoms with Crippen LogP contribution in [0.1, 0.15) is 11.9 Å². The van der Waals surface area contributed by atoms with Crippen molar-refractivity contribution in [2.24, 2.45) is 22.4 Å². The second-order valence-corrected chi connectivity index (χ2v) is 10.4. The number of nitrogens with zero attached hydrogens (tertiary/aromatic N) is 5. The Kier molecular flexibility index (Phi) is 7.73. The van der Waals surface area contributed by atoms with E-state index < -0.39 is 28.8 Å². The highest BCUT2D eigenvalue weighted by Crippen LogP contribution is 2.46. The van der Waals surface area contributed by atoms with Crippen LogP contribution in [-0.2, 0) is 14.4 Å². The van der Waals surface area contributed by atoms with Gasteiger partial charge in [-0.1, -0.05) is 23.1 Å². The Bertz CT molecular complexity index is 967. The highest BCUT2D eigenvalue weighted by molar-refractivity contribution is 8.02. The van der Waals surface area contributed by atoms with Gasteiger partial charge in [-0.3, -0.25) is 35.9 Å². The van der Waals surface area contributed by atoms with E-state index in [1.165, 1.54) is 51.0 Å². The molecule has 2 aliphatic rings. The number of aryl methyl sites for hydroxylation is 1. The summed E-state index contributed by atoms with van der Waals surface area (Å²) in [4.78, 5) is 37.4. The summed E-state index contributed by atoms with van der Waals surface area (Å²) < 4.78 is 0.750. The van der Waals surface area contributed by atoms with Gasteiger partial charge in [0.25, 0.3) is 11.8 Å². The van der Waals surface area contributed by atoms with E-state index in [1.807, 2.05) is 6.92 Å². The maximum absolute atomic E-state index is 12.9. The SMILES string of the molecule is C/C=N/N(CNN)CC(=O)N[C@@H]1C(=O)N2C(C(N)=O)=C(CSc3nnc(C)s3)CS[C@]12N. The highest BCUT2D eigenvalue weighted by atomic mass is 32.2. The lowest BCUT2D eigenvalue weighted by molar-refractivity contribution is -0.154. The van der Waals surface area contributed by atoms with Gasteiger partial charge in [-0.05, 0) is 19.4 Å². The second kappa shape index (κ2) is 10.1. The van der Waals surface area contributed by atoms with E-state index in [9.17, 15) is 14.4 Å². The quantitative estimate of drug-likeness (QED) is 0.0600. The summed E-state index contributed by atoms with van der Waals surface area (Å²) in [5, 5.41) is 16.9. The molecule has 174 valence electrons. The molecule has 2 aliphatic heterocycles. The summed E-state index contributed by atoms with van der Waals surface area (Å²) in [6.45, 7) is 3.54. The Hall–Kier alpha value is -2.24. The summed E-state index contributed by atoms with van der Waals surface area (Å²) in [5.74, 6) is 4.35. The van der Waals surface area contributed by atoms with Crippen molar-refractivity contribution in [3.05, 3.63) is 16.3 Å². The molecule has 0 aliphatic carbocycles. The van der Waals surface area contributed by atoms with E-state index in [0.29, 0.717) is 17.1 Å². The number of carbonyl (C=O) groups excluding carboxylic acids is 3. The molecule has 0 unspecified atom stereocenters. The van der Waals surface area contributed by atoms with Crippen molar-refractivity contribution in [2.45, 2.75) is 29.2 Å². The normalized spacial score (nSPS) is 22.7. The predicted molar refractivity (Wildman–Crippen MR) is 123 cm³/mol. The molecule has 3 amide bonds. The van der Waals surface area contributed by atoms with E-state index in [2.05, 4.69) is 26.0 Å². The minimum absolute atomic E-state index is 0.0695. The van der Waals surface area contributed by atoms with Gasteiger partial charge in [0.05, 0.1) is 6.67 Å². The van der Waals surface area contributed by atoms with E-state index in [-0.39, 0.29) is 18.9 Å². The molecule has 1 aromatic rings. The van der Waals surface area contributed by atoms with Crippen molar-refractivity contribution < 1.29 is 14.4 Å². The average molecular weight is 501 g/mol. The minimum atomic E-state index is -1.31. The van der Waals surface area contributed by atoms with Gasteiger partial charge in [0.1, 0.15) is 17.2 Å². The maximum atomic E-state index is 12.9. The molecule has 1 fully saturated rings. The smallest absolute Gasteiger partial charge is 0.265 e. The zero-order valence-electron chi connectivity index (χ0n) is 17.4. The van der Waals surface area contributed by atoms with Crippen LogP contribution < -0.4 is 28.1 Å². The number of hydrogen-bond acceptors (Lipinski definition) is 13. The highest BCUT2D eigenvalue weighted by Gasteiger charge is 2.63. The number of nitrogens with two attached hydrogens (primary N) is 3. The molecule has 1 saturated heterocycles. The van der Waals surface area contributed by atoms with Crippen LogP contribution in [0.4, 0.5) is 0 Å². The molecule has 2 atom stereocenters. The largest absolute Gasteiger partial charge is 0.364 e. The molecule has 16 heteroatoms. The van der Waals surface area contributed by atoms with E-state index in [1.54, 1.807) is 6.92 Å². The van der Waals surface area contributed by atoms with Crippen molar-refractivity contribution in [1.82, 2.24) is 30.8 Å². The summed E-state index contributed by atoms with van der Waals surface area (Å²) in [5.41, 5.74) is 15.2. The first-order valence-corrected chi connectivity index (χ1v) is 12.2. The first kappa shape index (κ1) is 24.4. The van der Waals surface area contributed by atoms with Crippen LogP contribution in [0.15, 0.2) is 20.7 Å². The minimum Gasteiger partial charge on any atom is -0.364 e. The number of amides is 3. The Labute approximate surface area is 196 Å². The van der Waals surface area contributed by atoms with Crippen molar-refractivity contribution in [3.63, 3.8) is 0 Å². The van der Waals surface area contributed by atoms with E-state index >= 15 is 0 Å². The number of nitrogens with one attached hydrogen (secondary N) is 2. The summed E-state index contributed by atoms with van der Waals surface area (Å²) in [7, 11) is 0. The fourth-order valence-electron chi connectivity index (χ4n) is 3.23. The Morgan fingerprint density at radius 2 is 2.22 bits per heavy atom. The van der Waals surface area contributed by atoms with Crippen LogP contribution in [0.25, 0.3) is 0 Å². The zero-order valence-corrected chi connectivity index (χ0v) is 19.9. The van der Waals surface area contributed by atoms with Crippen molar-refractivity contribution in [1.29, 1.82) is 0 Å². The first-order valence-electron chi connectivity index (χ1n) is 9.39. The van der Waals surface area contributed by atoms with Crippen LogP contribution in [0.3, 0.4) is 0 Å². The van der Waals surface area contributed by atoms with Crippen LogP contribution in [-0.4, -0.2) is 79.8 Å². The molecule has 0 spiro atoms. The topological polar surface area (TPSA) is 198 Å². The van der Waals surface area contributed by atoms with Gasteiger partial charge in [-0.2, -0.15) is 5.10 Å². The molecule has 32 heavy (non-hydrogen) atoms. The Morgan fingerprint density at radius 3 is 2.81 bits per heavy atom. The lowest BCUT2D eigenvalue weighted by Gasteiger charge is -2.56. The van der Waals surface area contributed by atoms with Crippen LogP contribution >= 0.6 is 34.9 Å². The maximum Gasteiger partial charge on any atom is 0.265 e. The van der Waals surface area contributed by atoms with E-state index in [4.69, 9.17) is 17.3 Å². The Balaban J connectivity index is 1.72. The predicted octanol–water partition coefficient (Wildman–Crippen LogP) is -1.91. The van der Waals surface area contributed by atoms with Gasteiger partial charge in [0, 0.05) is 17.7 Å². The number of fused-ring (bicyclic) bond motifs is 1. The van der Waals surface area contributed by atoms with Crippen molar-refractivity contribution >= 4 is 58.8 Å². The van der Waals surface area contributed by atoms with Crippen molar-refractivity contribution in [2.75, 3.05) is 24.7 Å². The number of hydrogen-bond donors (Lipinski definition) is 5. The van der Waals surface area contributed by atoms with Gasteiger partial charge in [-0.25, -0.2) is 5.43 Å². The molecule has 0 bridgehead atoms. The van der Waals surface area contributed by atoms with Gasteiger partial charge < -0.3 is 11.1 Å². The zero-order chi connectivity index (χ0) is 23.5. The molecular formula is C16H24N10O3S3. The van der Waals surface area contributed by atoms with Crippen molar-refractivity contribution in [3.8, 4) is 0 Å². The second-order valence-electron chi connectivity index (χ2n) is 6.81. The molecule has 3 heterocycles. The third-order valence-corrected chi connectivity index (χ3v) is 7.99. The summed E-state index contributed by atoms with van der Waals surface area (Å²) in [6, 6.07) is -1.01. The fourth-order valence-corrected chi connectivity index (χ4v) is 6.46. The molecule has 0 radical (unpaired) electrons. The molecule has 13 nitrogen and oxygen atoms in total. The molecule has 3 rings (SSSR count). The molecule has 1 aromatic heterocycles. The average Bonchev–Trinajstić information content (AvgIpc) is 3.16. The monoisotopic (exact) mass is 500 g/mol. The number of rotatable bonds is 10. The number of β-lactam (4-membered cyclic amide) rings is 1. The number of thioether (sulfide) groups is 2. The van der Waals surface area contributed by atoms with Crippen LogP contribution in [0, 0.1) is 6.92 Å². The number of hydrazone groups is 1. The van der Waals surface area contributed by atoms with Crippen LogP contribution in [0.5, 0.6) is 0 Å². The molecule has 8 N–H and O–H groups in total. The molecule has 0 saturated carbocycles. The number of hydrazine groups is 1. The third-order valence-electron chi connectivity index (χ3n) is 4.56.